The van der Waals surface area contributed by atoms with E-state index in [1.54, 1.807) is 0 Å². The number of hydrogen-bond acceptors (Lipinski definition) is 3. The number of aliphatic carboxylic acids is 1. The first-order valence-electron chi connectivity index (χ1n) is 6.62. The molecule has 0 aromatic rings. The van der Waals surface area contributed by atoms with Gasteiger partial charge in [0.05, 0.1) is 0 Å². The minimum atomic E-state index is -0.877. The maximum atomic E-state index is 12.0. The molecule has 1 saturated carbocycles. The highest BCUT2D eigenvalue weighted by Crippen LogP contribution is 2.42. The molecule has 18 heavy (non-hydrogen) atoms. The van der Waals surface area contributed by atoms with Crippen LogP contribution in [0.15, 0.2) is 0 Å². The maximum absolute atomic E-state index is 12.0. The molecule has 1 saturated heterocycles. The third kappa shape index (κ3) is 2.43. The highest BCUT2D eigenvalue weighted by molar-refractivity contribution is 5.83. The van der Waals surface area contributed by atoms with Gasteiger partial charge >= 0.3 is 12.0 Å². The third-order valence-electron chi connectivity index (χ3n) is 4.06. The highest BCUT2D eigenvalue weighted by atomic mass is 16.4. The van der Waals surface area contributed by atoms with E-state index in [2.05, 4.69) is 5.32 Å². The summed E-state index contributed by atoms with van der Waals surface area (Å²) in [6, 6.07) is -0.902. The van der Waals surface area contributed by atoms with Crippen LogP contribution in [-0.2, 0) is 4.79 Å². The number of rotatable bonds is 4. The van der Waals surface area contributed by atoms with E-state index in [0.717, 1.165) is 19.3 Å². The Morgan fingerprint density at radius 1 is 1.39 bits per heavy atom. The zero-order valence-corrected chi connectivity index (χ0v) is 10.5. The zero-order chi connectivity index (χ0) is 13.1. The Balaban J connectivity index is 1.98. The van der Waals surface area contributed by atoms with Crippen LogP contribution in [-0.4, -0.2) is 47.7 Å². The monoisotopic (exact) mass is 255 g/mol. The molecule has 0 spiro atoms. The second-order valence-corrected chi connectivity index (χ2v) is 5.16. The summed E-state index contributed by atoms with van der Waals surface area (Å²) in [6.07, 6.45) is 3.77. The molecule has 2 aliphatic rings. The lowest BCUT2D eigenvalue weighted by atomic mass is 9.94. The van der Waals surface area contributed by atoms with Gasteiger partial charge in [-0.1, -0.05) is 6.42 Å². The molecule has 2 rings (SSSR count). The van der Waals surface area contributed by atoms with E-state index in [1.807, 2.05) is 0 Å². The van der Waals surface area contributed by atoms with Gasteiger partial charge < -0.3 is 21.1 Å². The summed E-state index contributed by atoms with van der Waals surface area (Å²) in [4.78, 5) is 24.8. The number of likely N-dealkylation sites (tertiary alicyclic amines) is 1. The second kappa shape index (κ2) is 5.56. The third-order valence-corrected chi connectivity index (χ3v) is 4.06. The van der Waals surface area contributed by atoms with E-state index < -0.39 is 12.0 Å². The van der Waals surface area contributed by atoms with E-state index in [-0.39, 0.29) is 11.9 Å². The molecular weight excluding hydrogens is 234 g/mol. The molecule has 102 valence electrons. The first-order valence-corrected chi connectivity index (χ1v) is 6.62. The number of carbonyl (C=O) groups is 2. The largest absolute Gasteiger partial charge is 0.480 e. The fourth-order valence-corrected chi connectivity index (χ4v) is 3.23. The highest BCUT2D eigenvalue weighted by Gasteiger charge is 2.49. The SMILES string of the molecule is NCCCNC(=O)N1CC2CCCC2C1C(=O)O. The van der Waals surface area contributed by atoms with E-state index in [4.69, 9.17) is 5.73 Å². The number of carbonyl (C=O) groups excluding carboxylic acids is 1. The summed E-state index contributed by atoms with van der Waals surface area (Å²) in [5.41, 5.74) is 5.36. The quantitative estimate of drug-likeness (QED) is 0.627. The summed E-state index contributed by atoms with van der Waals surface area (Å²) in [6.45, 7) is 1.61. The molecule has 0 bridgehead atoms. The van der Waals surface area contributed by atoms with Crippen molar-refractivity contribution in [3.63, 3.8) is 0 Å². The van der Waals surface area contributed by atoms with Crippen molar-refractivity contribution < 1.29 is 14.7 Å². The first kappa shape index (κ1) is 13.1. The fourth-order valence-electron chi connectivity index (χ4n) is 3.23. The molecule has 1 heterocycles. The van der Waals surface area contributed by atoms with E-state index >= 15 is 0 Å². The predicted molar refractivity (Wildman–Crippen MR) is 66.0 cm³/mol. The first-order chi connectivity index (χ1) is 8.65. The van der Waals surface area contributed by atoms with Crippen LogP contribution in [0.5, 0.6) is 0 Å². The van der Waals surface area contributed by atoms with Crippen LogP contribution >= 0.6 is 0 Å². The van der Waals surface area contributed by atoms with Crippen molar-refractivity contribution in [2.24, 2.45) is 17.6 Å². The zero-order valence-electron chi connectivity index (χ0n) is 10.5. The van der Waals surface area contributed by atoms with Crippen LogP contribution < -0.4 is 11.1 Å². The van der Waals surface area contributed by atoms with Crippen molar-refractivity contribution in [2.45, 2.75) is 31.7 Å². The van der Waals surface area contributed by atoms with Crippen molar-refractivity contribution in [1.82, 2.24) is 10.2 Å². The Bertz CT molecular complexity index is 335. The second-order valence-electron chi connectivity index (χ2n) is 5.16. The van der Waals surface area contributed by atoms with Crippen molar-refractivity contribution in [1.29, 1.82) is 0 Å². The number of nitrogens with one attached hydrogen (secondary N) is 1. The Kier molecular flexibility index (Phi) is 4.06. The Labute approximate surface area is 107 Å². The van der Waals surface area contributed by atoms with Gasteiger partial charge in [0.15, 0.2) is 0 Å². The van der Waals surface area contributed by atoms with Gasteiger partial charge in [-0.2, -0.15) is 0 Å². The lowest BCUT2D eigenvalue weighted by Crippen LogP contribution is -2.48. The molecule has 6 nitrogen and oxygen atoms in total. The van der Waals surface area contributed by atoms with Gasteiger partial charge in [-0.15, -0.1) is 0 Å². The van der Waals surface area contributed by atoms with Crippen molar-refractivity contribution >= 4 is 12.0 Å². The molecule has 1 aliphatic heterocycles. The number of fused-ring (bicyclic) bond motifs is 1. The average Bonchev–Trinajstić information content (AvgIpc) is 2.87. The van der Waals surface area contributed by atoms with Gasteiger partial charge in [0.2, 0.25) is 0 Å². The number of carboxylic acids is 1. The average molecular weight is 255 g/mol. The predicted octanol–water partition coefficient (Wildman–Crippen LogP) is 0.230. The Morgan fingerprint density at radius 2 is 2.17 bits per heavy atom. The maximum Gasteiger partial charge on any atom is 0.326 e. The smallest absolute Gasteiger partial charge is 0.326 e. The van der Waals surface area contributed by atoms with Crippen LogP contribution in [0.3, 0.4) is 0 Å². The van der Waals surface area contributed by atoms with Gasteiger partial charge in [-0.05, 0) is 37.6 Å². The van der Waals surface area contributed by atoms with Gasteiger partial charge in [-0.25, -0.2) is 9.59 Å². The molecule has 1 aliphatic carbocycles. The molecule has 2 fully saturated rings. The summed E-state index contributed by atoms with van der Waals surface area (Å²) in [5, 5.41) is 12.1. The molecular formula is C12H21N3O3. The van der Waals surface area contributed by atoms with Crippen LogP contribution in [0.4, 0.5) is 4.79 Å². The molecule has 4 N–H and O–H groups in total. The normalized spacial score (nSPS) is 30.3. The molecule has 3 atom stereocenters. The molecule has 0 aromatic carbocycles. The lowest BCUT2D eigenvalue weighted by molar-refractivity contribution is -0.142. The van der Waals surface area contributed by atoms with Gasteiger partial charge in [0.25, 0.3) is 0 Å². The van der Waals surface area contributed by atoms with Crippen LogP contribution in [0, 0.1) is 11.8 Å². The van der Waals surface area contributed by atoms with Crippen molar-refractivity contribution in [2.75, 3.05) is 19.6 Å². The molecule has 2 amide bonds. The number of nitrogens with zero attached hydrogens (tertiary/aromatic N) is 1. The van der Waals surface area contributed by atoms with E-state index in [1.165, 1.54) is 4.90 Å². The number of carboxylic acid groups (broad SMARTS) is 1. The van der Waals surface area contributed by atoms with Crippen LogP contribution in [0.25, 0.3) is 0 Å². The number of amides is 2. The van der Waals surface area contributed by atoms with Crippen LogP contribution in [0.2, 0.25) is 0 Å². The minimum Gasteiger partial charge on any atom is -0.480 e. The number of nitrogens with two attached hydrogens (primary N) is 1. The molecule has 0 radical (unpaired) electrons. The van der Waals surface area contributed by atoms with E-state index in [9.17, 15) is 14.7 Å². The Morgan fingerprint density at radius 3 is 2.83 bits per heavy atom. The van der Waals surface area contributed by atoms with Gasteiger partial charge in [0.1, 0.15) is 6.04 Å². The summed E-state index contributed by atoms with van der Waals surface area (Å²) < 4.78 is 0. The summed E-state index contributed by atoms with van der Waals surface area (Å²) >= 11 is 0. The minimum absolute atomic E-state index is 0.141. The van der Waals surface area contributed by atoms with Crippen molar-refractivity contribution in [3.8, 4) is 0 Å². The van der Waals surface area contributed by atoms with Crippen LogP contribution in [0.1, 0.15) is 25.7 Å². The summed E-state index contributed by atoms with van der Waals surface area (Å²) in [5.74, 6) is -0.368. The lowest BCUT2D eigenvalue weighted by Gasteiger charge is -2.24. The number of hydrogen-bond donors (Lipinski definition) is 3. The molecule has 3 unspecified atom stereocenters. The number of urea groups is 1. The van der Waals surface area contributed by atoms with Crippen molar-refractivity contribution in [3.05, 3.63) is 0 Å². The molecule has 0 aromatic heterocycles. The summed E-state index contributed by atoms with van der Waals surface area (Å²) in [7, 11) is 0. The molecule has 6 heteroatoms. The van der Waals surface area contributed by atoms with Gasteiger partial charge in [-0.3, -0.25) is 0 Å². The Hall–Kier alpha value is -1.30. The standard InChI is InChI=1S/C12H21N3O3/c13-5-2-6-14-12(18)15-7-8-3-1-4-9(8)10(15)11(16)17/h8-10H,1-7,13H2,(H,14,18)(H,16,17). The topological polar surface area (TPSA) is 95.7 Å². The van der Waals surface area contributed by atoms with Gasteiger partial charge in [0, 0.05) is 13.1 Å². The fraction of sp³-hybridized carbons (Fsp3) is 0.833. The van der Waals surface area contributed by atoms with E-state index in [0.29, 0.717) is 32.0 Å².